The van der Waals surface area contributed by atoms with Gasteiger partial charge in [-0.3, -0.25) is 9.69 Å². The second-order valence-electron chi connectivity index (χ2n) is 7.80. The number of rotatable bonds is 8. The number of carbonyl (C=O) groups excluding carboxylic acids is 1. The van der Waals surface area contributed by atoms with Gasteiger partial charge in [0.15, 0.2) is 0 Å². The van der Waals surface area contributed by atoms with Crippen molar-refractivity contribution in [3.63, 3.8) is 0 Å². The summed E-state index contributed by atoms with van der Waals surface area (Å²) in [5.74, 6) is 2.81. The van der Waals surface area contributed by atoms with E-state index in [1.807, 2.05) is 13.8 Å². The average Bonchev–Trinajstić information content (AvgIpc) is 3.01. The fourth-order valence-electron chi connectivity index (χ4n) is 3.56. The Morgan fingerprint density at radius 3 is 2.57 bits per heavy atom. The lowest BCUT2D eigenvalue weighted by molar-refractivity contribution is -0.118. The van der Waals surface area contributed by atoms with Crippen molar-refractivity contribution in [1.82, 2.24) is 15.4 Å². The van der Waals surface area contributed by atoms with E-state index in [9.17, 15) is 4.79 Å². The van der Waals surface area contributed by atoms with Gasteiger partial charge in [0, 0.05) is 24.4 Å². The highest BCUT2D eigenvalue weighted by Gasteiger charge is 2.20. The van der Waals surface area contributed by atoms with Gasteiger partial charge >= 0.3 is 0 Å². The van der Waals surface area contributed by atoms with Crippen LogP contribution in [0.1, 0.15) is 41.0 Å². The summed E-state index contributed by atoms with van der Waals surface area (Å²) < 4.78 is 5.16. The van der Waals surface area contributed by atoms with Crippen LogP contribution in [0.15, 0.2) is 28.8 Å². The van der Waals surface area contributed by atoms with Crippen LogP contribution in [0.25, 0.3) is 0 Å². The summed E-state index contributed by atoms with van der Waals surface area (Å²) in [7, 11) is 0. The van der Waals surface area contributed by atoms with Crippen LogP contribution >= 0.6 is 11.8 Å². The van der Waals surface area contributed by atoms with Gasteiger partial charge in [0.05, 0.1) is 11.4 Å². The topological polar surface area (TPSA) is 58.4 Å². The molecule has 2 heterocycles. The number of aromatic nitrogens is 1. The van der Waals surface area contributed by atoms with Crippen LogP contribution in [-0.4, -0.2) is 41.4 Å². The number of hydrogen-bond donors (Lipinski definition) is 1. The van der Waals surface area contributed by atoms with Gasteiger partial charge < -0.3 is 9.84 Å². The van der Waals surface area contributed by atoms with E-state index in [0.29, 0.717) is 11.7 Å². The minimum Gasteiger partial charge on any atom is -0.361 e. The predicted octanol–water partition coefficient (Wildman–Crippen LogP) is 3.86. The molecular weight excluding hydrogens is 370 g/mol. The summed E-state index contributed by atoms with van der Waals surface area (Å²) in [5, 5.41) is 7.07. The summed E-state index contributed by atoms with van der Waals surface area (Å²) in [6.07, 6.45) is 2.30. The number of amides is 1. The number of piperidine rings is 1. The van der Waals surface area contributed by atoms with Crippen molar-refractivity contribution in [2.24, 2.45) is 5.92 Å². The van der Waals surface area contributed by atoms with Crippen molar-refractivity contribution >= 4 is 17.7 Å². The average molecular weight is 402 g/mol. The molecule has 0 unspecified atom stereocenters. The van der Waals surface area contributed by atoms with E-state index in [-0.39, 0.29) is 5.91 Å². The molecule has 1 aromatic heterocycles. The zero-order chi connectivity index (χ0) is 19.9. The summed E-state index contributed by atoms with van der Waals surface area (Å²) in [5.41, 5.74) is 4.72. The van der Waals surface area contributed by atoms with Gasteiger partial charge in [-0.15, -0.1) is 11.8 Å². The van der Waals surface area contributed by atoms with E-state index < -0.39 is 0 Å². The fraction of sp³-hybridized carbons (Fsp3) is 0.545. The third kappa shape index (κ3) is 6.11. The van der Waals surface area contributed by atoms with Gasteiger partial charge in [0.25, 0.3) is 0 Å². The summed E-state index contributed by atoms with van der Waals surface area (Å²) in [4.78, 5) is 14.7. The minimum absolute atomic E-state index is 0.124. The number of carbonyl (C=O) groups is 1. The van der Waals surface area contributed by atoms with Gasteiger partial charge in [-0.2, -0.15) is 0 Å². The number of aryl methyl sites for hydroxylation is 3. The largest absolute Gasteiger partial charge is 0.361 e. The van der Waals surface area contributed by atoms with E-state index in [4.69, 9.17) is 4.52 Å². The Bertz CT molecular complexity index is 745. The zero-order valence-corrected chi connectivity index (χ0v) is 18.0. The molecule has 1 aliphatic heterocycles. The molecule has 1 aliphatic rings. The molecule has 3 rings (SSSR count). The van der Waals surface area contributed by atoms with Crippen LogP contribution in [0.2, 0.25) is 0 Å². The highest BCUT2D eigenvalue weighted by molar-refractivity contribution is 7.99. The standard InChI is InChI=1S/C22H31N3O2S/c1-16-4-6-20(7-5-16)13-25-10-8-19(9-11-25)12-23-22(26)15-28-14-21-17(2)24-27-18(21)3/h4-7,19H,8-15H2,1-3H3,(H,23,26). The molecule has 152 valence electrons. The molecule has 6 heteroatoms. The molecule has 0 radical (unpaired) electrons. The van der Waals surface area contributed by atoms with Crippen LogP contribution in [-0.2, 0) is 17.1 Å². The normalized spacial score (nSPS) is 15.7. The first-order valence-corrected chi connectivity index (χ1v) is 11.2. The Hall–Kier alpha value is -1.79. The Morgan fingerprint density at radius 2 is 1.93 bits per heavy atom. The number of nitrogens with one attached hydrogen (secondary N) is 1. The molecule has 0 atom stereocenters. The Kier molecular flexibility index (Phi) is 7.57. The fourth-order valence-corrected chi connectivity index (χ4v) is 4.57. The molecule has 5 nitrogen and oxygen atoms in total. The quantitative estimate of drug-likeness (QED) is 0.728. The summed E-state index contributed by atoms with van der Waals surface area (Å²) in [6, 6.07) is 8.81. The maximum Gasteiger partial charge on any atom is 0.230 e. The van der Waals surface area contributed by atoms with Crippen molar-refractivity contribution in [3.8, 4) is 0 Å². The first kappa shape index (κ1) is 20.9. The second kappa shape index (κ2) is 10.1. The van der Waals surface area contributed by atoms with Crippen LogP contribution in [0.3, 0.4) is 0 Å². The molecule has 1 fully saturated rings. The lowest BCUT2D eigenvalue weighted by atomic mass is 9.96. The zero-order valence-electron chi connectivity index (χ0n) is 17.2. The molecular formula is C22H31N3O2S. The van der Waals surface area contributed by atoms with E-state index >= 15 is 0 Å². The summed E-state index contributed by atoms with van der Waals surface area (Å²) in [6.45, 7) is 10.0. The monoisotopic (exact) mass is 401 g/mol. The minimum atomic E-state index is 0.124. The second-order valence-corrected chi connectivity index (χ2v) is 8.79. The van der Waals surface area contributed by atoms with E-state index in [0.717, 1.165) is 61.8 Å². The molecule has 2 aromatic rings. The van der Waals surface area contributed by atoms with Gasteiger partial charge in [0.1, 0.15) is 5.76 Å². The molecule has 0 aliphatic carbocycles. The molecule has 28 heavy (non-hydrogen) atoms. The number of likely N-dealkylation sites (tertiary alicyclic amines) is 1. The molecule has 1 saturated heterocycles. The third-order valence-electron chi connectivity index (χ3n) is 5.48. The van der Waals surface area contributed by atoms with Crippen LogP contribution in [0, 0.1) is 26.7 Å². The third-order valence-corrected chi connectivity index (χ3v) is 6.44. The van der Waals surface area contributed by atoms with E-state index in [2.05, 4.69) is 46.6 Å². The number of nitrogens with zero attached hydrogens (tertiary/aromatic N) is 2. The highest BCUT2D eigenvalue weighted by Crippen LogP contribution is 2.20. The summed E-state index contributed by atoms with van der Waals surface area (Å²) >= 11 is 1.62. The smallest absolute Gasteiger partial charge is 0.230 e. The lowest BCUT2D eigenvalue weighted by Crippen LogP contribution is -2.38. The molecule has 1 aromatic carbocycles. The van der Waals surface area contributed by atoms with Crippen molar-refractivity contribution in [2.75, 3.05) is 25.4 Å². The maximum atomic E-state index is 12.1. The van der Waals surface area contributed by atoms with E-state index in [1.54, 1.807) is 11.8 Å². The van der Waals surface area contributed by atoms with E-state index in [1.165, 1.54) is 11.1 Å². The van der Waals surface area contributed by atoms with Gasteiger partial charge in [-0.05, 0) is 58.2 Å². The van der Waals surface area contributed by atoms with Gasteiger partial charge in [0.2, 0.25) is 5.91 Å². The molecule has 1 amide bonds. The molecule has 0 saturated carbocycles. The number of benzene rings is 1. The molecule has 0 bridgehead atoms. The predicted molar refractivity (Wildman–Crippen MR) is 114 cm³/mol. The van der Waals surface area contributed by atoms with Gasteiger partial charge in [-0.1, -0.05) is 35.0 Å². The van der Waals surface area contributed by atoms with Gasteiger partial charge in [-0.25, -0.2) is 0 Å². The van der Waals surface area contributed by atoms with Crippen molar-refractivity contribution in [2.45, 2.75) is 45.9 Å². The number of thioether (sulfide) groups is 1. The SMILES string of the molecule is Cc1ccc(CN2CCC(CNC(=O)CSCc3c(C)noc3C)CC2)cc1. The highest BCUT2D eigenvalue weighted by atomic mass is 32.2. The van der Waals surface area contributed by atoms with Crippen LogP contribution in [0.5, 0.6) is 0 Å². The van der Waals surface area contributed by atoms with Crippen molar-refractivity contribution in [1.29, 1.82) is 0 Å². The van der Waals surface area contributed by atoms with Crippen LogP contribution < -0.4 is 5.32 Å². The Balaban J connectivity index is 1.30. The maximum absolute atomic E-state index is 12.1. The van der Waals surface area contributed by atoms with Crippen LogP contribution in [0.4, 0.5) is 0 Å². The Morgan fingerprint density at radius 1 is 1.21 bits per heavy atom. The molecule has 0 spiro atoms. The molecule has 1 N–H and O–H groups in total. The Labute approximate surface area is 172 Å². The van der Waals surface area contributed by atoms with Crippen molar-refractivity contribution in [3.05, 3.63) is 52.4 Å². The number of hydrogen-bond acceptors (Lipinski definition) is 5. The lowest BCUT2D eigenvalue weighted by Gasteiger charge is -2.32. The first-order valence-electron chi connectivity index (χ1n) is 10.1. The van der Waals surface area contributed by atoms with Crippen molar-refractivity contribution < 1.29 is 9.32 Å². The first-order chi connectivity index (χ1) is 13.5.